The highest BCUT2D eigenvalue weighted by Gasteiger charge is 2.16. The van der Waals surface area contributed by atoms with Gasteiger partial charge in [0.2, 0.25) is 0 Å². The Morgan fingerprint density at radius 2 is 1.19 bits per heavy atom. The number of para-hydroxylation sites is 1. The molecule has 1 N–H and O–H groups in total. The molecule has 1 nitrogen and oxygen atoms in total. The predicted molar refractivity (Wildman–Crippen MR) is 77.2 cm³/mol. The minimum atomic E-state index is -0.420. The molecule has 0 aliphatic rings. The molecule has 16 heavy (non-hydrogen) atoms. The van der Waals surface area contributed by atoms with E-state index >= 15 is 0 Å². The molecule has 0 bridgehead atoms. The largest absolute Gasteiger partial charge is 0.508 e. The van der Waals surface area contributed by atoms with E-state index in [1.807, 2.05) is 6.07 Å². The van der Waals surface area contributed by atoms with Gasteiger partial charge in [0.25, 0.3) is 0 Å². The molecule has 0 heterocycles. The van der Waals surface area contributed by atoms with Gasteiger partial charge in [-0.15, -0.1) is 7.26 Å². The maximum atomic E-state index is 8.63. The Hall–Kier alpha value is -0.550. The summed E-state index contributed by atoms with van der Waals surface area (Å²) in [5.41, 5.74) is 0. The van der Waals surface area contributed by atoms with Crippen LogP contribution in [0.5, 0.6) is 5.75 Å². The normalized spacial score (nSPS) is 10.5. The molecule has 0 saturated carbocycles. The third-order valence-electron chi connectivity index (χ3n) is 3.44. The summed E-state index contributed by atoms with van der Waals surface area (Å²) in [7, 11) is -0.420. The van der Waals surface area contributed by atoms with Crippen molar-refractivity contribution in [2.45, 2.75) is 27.7 Å². The highest BCUT2D eigenvalue weighted by molar-refractivity contribution is 7.75. The second kappa shape index (κ2) is 8.58. The Morgan fingerprint density at radius 1 is 0.812 bits per heavy atom. The van der Waals surface area contributed by atoms with Crippen LogP contribution in [0.15, 0.2) is 30.3 Å². The maximum Gasteiger partial charge on any atom is 0.115 e. The number of hydrogen-bond acceptors (Lipinski definition) is 1. The van der Waals surface area contributed by atoms with Crippen LogP contribution in [0.2, 0.25) is 0 Å². The van der Waals surface area contributed by atoms with Gasteiger partial charge < -0.3 is 5.11 Å². The first kappa shape index (κ1) is 15.4. The Kier molecular flexibility index (Phi) is 8.29. The summed E-state index contributed by atoms with van der Waals surface area (Å²) in [6.45, 7) is 9.41. The lowest BCUT2D eigenvalue weighted by Crippen LogP contribution is -2.04. The third-order valence-corrected chi connectivity index (χ3v) is 8.81. The molecule has 1 rings (SSSR count). The third kappa shape index (κ3) is 5.51. The molecule has 1 aromatic carbocycles. The van der Waals surface area contributed by atoms with Crippen LogP contribution >= 0.6 is 7.26 Å². The predicted octanol–water partition coefficient (Wildman–Crippen LogP) is 4.48. The summed E-state index contributed by atoms with van der Waals surface area (Å²) in [6, 6.07) is 8.71. The fourth-order valence-corrected chi connectivity index (χ4v) is 4.45. The van der Waals surface area contributed by atoms with E-state index < -0.39 is 7.26 Å². The zero-order valence-corrected chi connectivity index (χ0v) is 12.0. The van der Waals surface area contributed by atoms with Gasteiger partial charge in [0.15, 0.2) is 0 Å². The van der Waals surface area contributed by atoms with Gasteiger partial charge in [-0.2, -0.15) is 0 Å². The van der Waals surface area contributed by atoms with Gasteiger partial charge in [-0.3, -0.25) is 0 Å². The molecular weight excluding hydrogens is 215 g/mol. The van der Waals surface area contributed by atoms with Crippen molar-refractivity contribution in [2.24, 2.45) is 0 Å². The van der Waals surface area contributed by atoms with E-state index in [2.05, 4.69) is 27.7 Å². The minimum Gasteiger partial charge on any atom is -0.508 e. The fraction of sp³-hybridized carbons (Fsp3) is 0.571. The number of hydrogen-bond donors (Lipinski definition) is 1. The van der Waals surface area contributed by atoms with Crippen molar-refractivity contribution in [1.82, 2.24) is 0 Å². The molecule has 1 radical (unpaired) electrons. The molecule has 1 aromatic rings. The van der Waals surface area contributed by atoms with Crippen LogP contribution in [0.3, 0.4) is 0 Å². The molecule has 0 spiro atoms. The van der Waals surface area contributed by atoms with E-state index in [-0.39, 0.29) is 0 Å². The van der Waals surface area contributed by atoms with Crippen LogP contribution in [0.1, 0.15) is 27.7 Å². The SMILES string of the molecule is CC[P](CC)(CC)CC.Oc1ccccc1. The molecule has 0 amide bonds. The molecule has 0 saturated heterocycles. The Balaban J connectivity index is 0.000000288. The molecule has 0 atom stereocenters. The van der Waals surface area contributed by atoms with Gasteiger partial charge in [0, 0.05) is 0 Å². The molecule has 0 aliphatic carbocycles. The summed E-state index contributed by atoms with van der Waals surface area (Å²) < 4.78 is 0. The van der Waals surface area contributed by atoms with Crippen molar-refractivity contribution in [2.75, 3.05) is 24.6 Å². The lowest BCUT2D eigenvalue weighted by molar-refractivity contribution is 0.475. The molecule has 2 heteroatoms. The first-order valence-electron chi connectivity index (χ1n) is 6.23. The van der Waals surface area contributed by atoms with Gasteiger partial charge in [-0.25, -0.2) is 0 Å². The molecule has 0 fully saturated rings. The van der Waals surface area contributed by atoms with Crippen LogP contribution in [0.25, 0.3) is 0 Å². The lowest BCUT2D eigenvalue weighted by atomic mass is 10.3. The van der Waals surface area contributed by atoms with Gasteiger partial charge in [-0.1, -0.05) is 45.9 Å². The molecule has 0 aromatic heterocycles. The Labute approximate surface area is 101 Å². The fourth-order valence-electron chi connectivity index (χ4n) is 1.77. The van der Waals surface area contributed by atoms with Crippen LogP contribution in [0, 0.1) is 0 Å². The number of phenols is 1. The van der Waals surface area contributed by atoms with E-state index in [0.717, 1.165) is 0 Å². The summed E-state index contributed by atoms with van der Waals surface area (Å²) in [5, 5.41) is 8.63. The van der Waals surface area contributed by atoms with Crippen molar-refractivity contribution in [1.29, 1.82) is 0 Å². The second-order valence-electron chi connectivity index (χ2n) is 3.94. The quantitative estimate of drug-likeness (QED) is 0.771. The van der Waals surface area contributed by atoms with Crippen LogP contribution in [-0.4, -0.2) is 29.8 Å². The minimum absolute atomic E-state index is 0.322. The van der Waals surface area contributed by atoms with Crippen molar-refractivity contribution < 1.29 is 5.11 Å². The zero-order valence-electron chi connectivity index (χ0n) is 11.1. The van der Waals surface area contributed by atoms with Crippen LogP contribution in [-0.2, 0) is 0 Å². The van der Waals surface area contributed by atoms with E-state index in [1.54, 1.807) is 24.3 Å². The lowest BCUT2D eigenvalue weighted by Gasteiger charge is -2.31. The second-order valence-corrected chi connectivity index (χ2v) is 9.16. The zero-order chi connectivity index (χ0) is 12.4. The average molecular weight is 241 g/mol. The topological polar surface area (TPSA) is 20.2 Å². The van der Waals surface area contributed by atoms with Crippen molar-refractivity contribution >= 4 is 7.26 Å². The number of phenolic OH excluding ortho intramolecular Hbond substituents is 1. The molecule has 93 valence electrons. The summed E-state index contributed by atoms with van der Waals surface area (Å²) in [5.74, 6) is 0.322. The van der Waals surface area contributed by atoms with E-state index in [1.165, 1.54) is 24.6 Å². The van der Waals surface area contributed by atoms with E-state index in [0.29, 0.717) is 5.75 Å². The monoisotopic (exact) mass is 241 g/mol. The summed E-state index contributed by atoms with van der Waals surface area (Å²) in [6.07, 6.45) is 5.82. The highest BCUT2D eigenvalue weighted by Crippen LogP contribution is 2.57. The summed E-state index contributed by atoms with van der Waals surface area (Å²) >= 11 is 0. The first-order valence-corrected chi connectivity index (χ1v) is 8.76. The molecular formula is C14H26OP. The van der Waals surface area contributed by atoms with Crippen molar-refractivity contribution in [3.8, 4) is 5.75 Å². The molecule has 0 unspecified atom stereocenters. The number of benzene rings is 1. The number of rotatable bonds is 4. The Bertz CT molecular complexity index is 237. The maximum absolute atomic E-state index is 8.63. The average Bonchev–Trinajstić information content (AvgIpc) is 2.35. The van der Waals surface area contributed by atoms with Gasteiger partial charge in [-0.05, 0) is 36.8 Å². The standard InChI is InChI=1S/C8H20P.C6H6O/c1-5-9(6-2,7-3)8-4;7-6-4-2-1-3-5-6/h5-8H2,1-4H3;1-5,7H. The van der Waals surface area contributed by atoms with Crippen LogP contribution in [0.4, 0.5) is 0 Å². The van der Waals surface area contributed by atoms with E-state index in [9.17, 15) is 0 Å². The first-order chi connectivity index (χ1) is 7.64. The van der Waals surface area contributed by atoms with Gasteiger partial charge >= 0.3 is 0 Å². The molecule has 0 aliphatic heterocycles. The van der Waals surface area contributed by atoms with Crippen molar-refractivity contribution in [3.63, 3.8) is 0 Å². The number of aromatic hydroxyl groups is 1. The van der Waals surface area contributed by atoms with Gasteiger partial charge in [0.05, 0.1) is 0 Å². The van der Waals surface area contributed by atoms with E-state index in [4.69, 9.17) is 5.11 Å². The smallest absolute Gasteiger partial charge is 0.115 e. The highest BCUT2D eigenvalue weighted by atomic mass is 31.2. The Morgan fingerprint density at radius 3 is 1.31 bits per heavy atom. The summed E-state index contributed by atoms with van der Waals surface area (Å²) in [4.78, 5) is 0. The van der Waals surface area contributed by atoms with Crippen molar-refractivity contribution in [3.05, 3.63) is 30.3 Å². The van der Waals surface area contributed by atoms with Gasteiger partial charge in [0.1, 0.15) is 5.75 Å². The van der Waals surface area contributed by atoms with Crippen LogP contribution < -0.4 is 0 Å².